The third-order valence-electron chi connectivity index (χ3n) is 7.03. The quantitative estimate of drug-likeness (QED) is 0.319. The highest BCUT2D eigenvalue weighted by Gasteiger charge is 2.33. The number of benzene rings is 1. The number of aliphatic hydroxyl groups is 1. The maximum Gasteiger partial charge on any atom is 0.264 e. The maximum atomic E-state index is 12.1. The summed E-state index contributed by atoms with van der Waals surface area (Å²) in [6.45, 7) is 14.8. The van der Waals surface area contributed by atoms with E-state index in [2.05, 4.69) is 85.7 Å². The zero-order valence-corrected chi connectivity index (χ0v) is 23.3. The van der Waals surface area contributed by atoms with Gasteiger partial charge in [-0.2, -0.15) is 0 Å². The molecule has 0 radical (unpaired) electrons. The molecule has 2 heterocycles. The molecule has 0 fully saturated rings. The third kappa shape index (κ3) is 6.31. The fourth-order valence-electron chi connectivity index (χ4n) is 4.49. The van der Waals surface area contributed by atoms with Crippen LogP contribution in [0, 0.1) is 19.3 Å². The largest absolute Gasteiger partial charge is 0.483 e. The number of hydrogen-bond acceptors (Lipinski definition) is 7. The second-order valence-electron chi connectivity index (χ2n) is 10.5. The fraction of sp³-hybridized carbons (Fsp3) is 0.556. The standard InChI is InChI=1S/C27H39N5O3S/c1-8-27(9-2,23-15-18(4)21(36-23)12-13-22(33)26(5,6)7)19-10-11-20(17(3)14-19)35-16-24(34)28-25-29-31-32-30-25/h10-11,14-15,22,33H,8-9,12-13,16H2,1-7H3,(H2,28,29,30,31,32,34). The molecule has 0 aliphatic rings. The van der Waals surface area contributed by atoms with E-state index in [0.717, 1.165) is 31.2 Å². The highest BCUT2D eigenvalue weighted by molar-refractivity contribution is 7.12. The lowest BCUT2D eigenvalue weighted by Crippen LogP contribution is -2.26. The van der Waals surface area contributed by atoms with Gasteiger partial charge in [0.2, 0.25) is 5.95 Å². The summed E-state index contributed by atoms with van der Waals surface area (Å²) < 4.78 is 5.78. The van der Waals surface area contributed by atoms with Crippen LogP contribution in [0.3, 0.4) is 0 Å². The summed E-state index contributed by atoms with van der Waals surface area (Å²) in [6.07, 6.45) is 3.27. The van der Waals surface area contributed by atoms with Crippen molar-refractivity contribution in [3.63, 3.8) is 0 Å². The van der Waals surface area contributed by atoms with Crippen LogP contribution in [0.15, 0.2) is 24.3 Å². The Morgan fingerprint density at radius 1 is 1.17 bits per heavy atom. The summed E-state index contributed by atoms with van der Waals surface area (Å²) in [4.78, 5) is 14.8. The van der Waals surface area contributed by atoms with E-state index in [1.165, 1.54) is 20.9 Å². The van der Waals surface area contributed by atoms with Crippen LogP contribution < -0.4 is 10.1 Å². The number of H-pyrrole nitrogens is 1. The average Bonchev–Trinajstić information content (AvgIpc) is 3.47. The third-order valence-corrected chi connectivity index (χ3v) is 8.53. The van der Waals surface area contributed by atoms with Gasteiger partial charge in [-0.05, 0) is 84.2 Å². The molecule has 0 aliphatic carbocycles. The lowest BCUT2D eigenvalue weighted by molar-refractivity contribution is -0.118. The Bertz CT molecular complexity index is 1150. The minimum absolute atomic E-state index is 0.101. The number of nitrogens with zero attached hydrogens (tertiary/aromatic N) is 3. The minimum atomic E-state index is -0.341. The van der Waals surface area contributed by atoms with Crippen molar-refractivity contribution in [2.75, 3.05) is 11.9 Å². The number of rotatable bonds is 11. The second kappa shape index (κ2) is 11.5. The number of carbonyl (C=O) groups excluding carboxylic acids is 1. The summed E-state index contributed by atoms with van der Waals surface area (Å²) in [5.74, 6) is 0.515. The molecule has 9 heteroatoms. The summed E-state index contributed by atoms with van der Waals surface area (Å²) in [6, 6.07) is 8.58. The molecule has 0 bridgehead atoms. The summed E-state index contributed by atoms with van der Waals surface area (Å²) >= 11 is 1.87. The molecule has 0 saturated heterocycles. The summed E-state index contributed by atoms with van der Waals surface area (Å²) in [7, 11) is 0. The van der Waals surface area contributed by atoms with Gasteiger partial charge in [0.25, 0.3) is 5.91 Å². The topological polar surface area (TPSA) is 113 Å². The molecule has 1 amide bonds. The van der Waals surface area contributed by atoms with Crippen LogP contribution in [0.1, 0.15) is 80.3 Å². The molecule has 3 rings (SSSR count). The molecule has 0 aliphatic heterocycles. The number of anilines is 1. The van der Waals surface area contributed by atoms with Crippen LogP contribution in [0.25, 0.3) is 0 Å². The van der Waals surface area contributed by atoms with E-state index < -0.39 is 0 Å². The Labute approximate surface area is 217 Å². The minimum Gasteiger partial charge on any atom is -0.483 e. The number of aliphatic hydroxyl groups excluding tert-OH is 1. The van der Waals surface area contributed by atoms with Crippen molar-refractivity contribution in [3.8, 4) is 5.75 Å². The zero-order chi connectivity index (χ0) is 26.5. The van der Waals surface area contributed by atoms with Crippen molar-refractivity contribution < 1.29 is 14.6 Å². The lowest BCUT2D eigenvalue weighted by Gasteiger charge is -2.32. The number of amides is 1. The summed E-state index contributed by atoms with van der Waals surface area (Å²) in [5.41, 5.74) is 3.31. The first-order valence-corrected chi connectivity index (χ1v) is 13.4. The number of aromatic amines is 1. The number of thiophene rings is 1. The van der Waals surface area contributed by atoms with E-state index >= 15 is 0 Å². The van der Waals surface area contributed by atoms with Gasteiger partial charge >= 0.3 is 0 Å². The van der Waals surface area contributed by atoms with E-state index in [1.807, 2.05) is 24.3 Å². The number of aromatic nitrogens is 4. The van der Waals surface area contributed by atoms with Crippen molar-refractivity contribution in [1.29, 1.82) is 0 Å². The lowest BCUT2D eigenvalue weighted by atomic mass is 9.74. The van der Waals surface area contributed by atoms with Crippen LogP contribution in [-0.2, 0) is 16.6 Å². The SMILES string of the molecule is CCC(CC)(c1ccc(OCC(=O)Nc2nnn[nH]2)c(C)c1)c1cc(C)c(CCC(O)C(C)(C)C)s1. The monoisotopic (exact) mass is 513 g/mol. The number of hydrogen-bond donors (Lipinski definition) is 3. The van der Waals surface area contributed by atoms with Crippen molar-refractivity contribution in [2.45, 2.75) is 85.7 Å². The van der Waals surface area contributed by atoms with Crippen molar-refractivity contribution in [2.24, 2.45) is 5.41 Å². The molecule has 3 aromatic rings. The average molecular weight is 514 g/mol. The molecule has 1 unspecified atom stereocenters. The van der Waals surface area contributed by atoms with Gasteiger partial charge in [-0.1, -0.05) is 51.9 Å². The first-order chi connectivity index (χ1) is 17.0. The highest BCUT2D eigenvalue weighted by Crippen LogP contribution is 2.44. The van der Waals surface area contributed by atoms with Crippen molar-refractivity contribution >= 4 is 23.2 Å². The number of ether oxygens (including phenoxy) is 1. The van der Waals surface area contributed by atoms with Gasteiger partial charge in [-0.15, -0.1) is 11.3 Å². The smallest absolute Gasteiger partial charge is 0.264 e. The molecule has 2 aromatic heterocycles. The molecule has 36 heavy (non-hydrogen) atoms. The Balaban J connectivity index is 1.77. The highest BCUT2D eigenvalue weighted by atomic mass is 32.1. The number of aryl methyl sites for hydroxylation is 3. The van der Waals surface area contributed by atoms with Crippen LogP contribution in [0.2, 0.25) is 0 Å². The van der Waals surface area contributed by atoms with Gasteiger partial charge in [-0.3, -0.25) is 10.1 Å². The molecule has 196 valence electrons. The molecule has 0 spiro atoms. The molecule has 1 atom stereocenters. The molecular formula is C27H39N5O3S. The van der Waals surface area contributed by atoms with Gasteiger partial charge in [-0.25, -0.2) is 5.10 Å². The molecule has 1 aromatic carbocycles. The normalized spacial score (nSPS) is 13.0. The van der Waals surface area contributed by atoms with Crippen LogP contribution in [0.5, 0.6) is 5.75 Å². The Morgan fingerprint density at radius 2 is 1.89 bits per heavy atom. The Hall–Kier alpha value is -2.78. The molecule has 0 saturated carbocycles. The first-order valence-electron chi connectivity index (χ1n) is 12.6. The van der Waals surface area contributed by atoms with Crippen molar-refractivity contribution in [1.82, 2.24) is 20.6 Å². The second-order valence-corrected chi connectivity index (χ2v) is 11.6. The van der Waals surface area contributed by atoms with E-state index in [-0.39, 0.29) is 35.4 Å². The van der Waals surface area contributed by atoms with E-state index in [9.17, 15) is 9.90 Å². The fourth-order valence-corrected chi connectivity index (χ4v) is 6.03. The summed E-state index contributed by atoms with van der Waals surface area (Å²) in [5, 5.41) is 26.1. The van der Waals surface area contributed by atoms with Gasteiger partial charge in [0.05, 0.1) is 6.10 Å². The predicted octanol–water partition coefficient (Wildman–Crippen LogP) is 5.34. The number of tetrazole rings is 1. The van der Waals surface area contributed by atoms with Gasteiger partial charge in [0, 0.05) is 15.2 Å². The van der Waals surface area contributed by atoms with Crippen LogP contribution in [-0.4, -0.2) is 44.3 Å². The first kappa shape index (κ1) is 27.8. The number of nitrogens with one attached hydrogen (secondary N) is 2. The zero-order valence-electron chi connectivity index (χ0n) is 22.4. The number of carbonyl (C=O) groups is 1. The Kier molecular flexibility index (Phi) is 8.89. The van der Waals surface area contributed by atoms with Crippen molar-refractivity contribution in [3.05, 3.63) is 50.7 Å². The van der Waals surface area contributed by atoms with Crippen LogP contribution in [0.4, 0.5) is 5.95 Å². The molecule has 8 nitrogen and oxygen atoms in total. The van der Waals surface area contributed by atoms with E-state index in [4.69, 9.17) is 4.74 Å². The van der Waals surface area contributed by atoms with Gasteiger partial charge in [0.15, 0.2) is 6.61 Å². The van der Waals surface area contributed by atoms with Crippen LogP contribution >= 0.6 is 11.3 Å². The van der Waals surface area contributed by atoms with Gasteiger partial charge < -0.3 is 9.84 Å². The van der Waals surface area contributed by atoms with E-state index in [0.29, 0.717) is 5.75 Å². The Morgan fingerprint density at radius 3 is 2.47 bits per heavy atom. The predicted molar refractivity (Wildman–Crippen MR) is 144 cm³/mol. The molecule has 3 N–H and O–H groups in total. The van der Waals surface area contributed by atoms with Gasteiger partial charge in [0.1, 0.15) is 5.75 Å². The molecular weight excluding hydrogens is 474 g/mol. The van der Waals surface area contributed by atoms with E-state index in [1.54, 1.807) is 0 Å². The maximum absolute atomic E-state index is 12.1.